The predicted octanol–water partition coefficient (Wildman–Crippen LogP) is 0.996. The maximum absolute atomic E-state index is 11.2. The normalized spacial score (nSPS) is 12.3. The van der Waals surface area contributed by atoms with E-state index in [1.165, 1.54) is 4.68 Å². The van der Waals surface area contributed by atoms with Gasteiger partial charge in [-0.05, 0) is 25.5 Å². The smallest absolute Gasteiger partial charge is 0.358 e. The van der Waals surface area contributed by atoms with E-state index in [0.717, 1.165) is 0 Å². The third-order valence-corrected chi connectivity index (χ3v) is 2.88. The number of aromatic carboxylic acids is 1. The van der Waals surface area contributed by atoms with E-state index in [9.17, 15) is 15.0 Å². The minimum atomic E-state index is -1.14. The van der Waals surface area contributed by atoms with Crippen LogP contribution in [0.25, 0.3) is 11.3 Å². The number of carboxylic acid groups (broad SMARTS) is 1. The average Bonchev–Trinajstić information content (AvgIpc) is 2.81. The first-order valence-corrected chi connectivity index (χ1v) is 6.20. The number of nitrogen functional groups attached to an aromatic ring is 1. The molecule has 0 amide bonds. The lowest BCUT2D eigenvalue weighted by Gasteiger charge is -2.08. The number of aromatic nitrogens is 3. The van der Waals surface area contributed by atoms with Crippen LogP contribution in [0.15, 0.2) is 24.3 Å². The summed E-state index contributed by atoms with van der Waals surface area (Å²) in [6.45, 7) is 2.05. The summed E-state index contributed by atoms with van der Waals surface area (Å²) in [6.07, 6.45) is -0.0311. The first kappa shape index (κ1) is 14.0. The highest BCUT2D eigenvalue weighted by molar-refractivity contribution is 5.92. The molecule has 0 saturated carbocycles. The Balaban J connectivity index is 2.44. The molecule has 20 heavy (non-hydrogen) atoms. The van der Waals surface area contributed by atoms with Gasteiger partial charge in [-0.1, -0.05) is 17.3 Å². The molecular formula is C13H16N4O3. The summed E-state index contributed by atoms with van der Waals surface area (Å²) in [5.74, 6) is -1.14. The third kappa shape index (κ3) is 2.94. The highest BCUT2D eigenvalue weighted by Crippen LogP contribution is 2.23. The fraction of sp³-hybridized carbons (Fsp3) is 0.308. The SMILES string of the molecule is CC(O)CCn1nnc(C(=O)O)c1-c1ccc(N)cc1. The Morgan fingerprint density at radius 2 is 2.05 bits per heavy atom. The van der Waals surface area contributed by atoms with Gasteiger partial charge in [-0.25, -0.2) is 9.48 Å². The molecule has 0 fully saturated rings. The van der Waals surface area contributed by atoms with Gasteiger partial charge >= 0.3 is 5.97 Å². The standard InChI is InChI=1S/C13H16N4O3/c1-8(18)6-7-17-12(11(13(19)20)15-16-17)9-2-4-10(14)5-3-9/h2-5,8,18H,6-7,14H2,1H3,(H,19,20). The van der Waals surface area contributed by atoms with Crippen LogP contribution in [0.3, 0.4) is 0 Å². The summed E-state index contributed by atoms with van der Waals surface area (Å²) >= 11 is 0. The molecule has 106 valence electrons. The van der Waals surface area contributed by atoms with Crippen molar-refractivity contribution >= 4 is 11.7 Å². The van der Waals surface area contributed by atoms with E-state index >= 15 is 0 Å². The van der Waals surface area contributed by atoms with Gasteiger partial charge in [-0.2, -0.15) is 0 Å². The number of carbonyl (C=O) groups is 1. The van der Waals surface area contributed by atoms with Crippen molar-refractivity contribution in [3.8, 4) is 11.3 Å². The minimum absolute atomic E-state index is 0.111. The van der Waals surface area contributed by atoms with Crippen LogP contribution in [-0.4, -0.2) is 37.3 Å². The summed E-state index contributed by atoms with van der Waals surface area (Å²) in [6, 6.07) is 6.82. The molecule has 2 rings (SSSR count). The fourth-order valence-corrected chi connectivity index (χ4v) is 1.85. The molecule has 7 nitrogen and oxygen atoms in total. The van der Waals surface area contributed by atoms with Crippen LogP contribution in [0.4, 0.5) is 5.69 Å². The summed E-state index contributed by atoms with van der Waals surface area (Å²) in [5.41, 5.74) is 7.20. The van der Waals surface area contributed by atoms with Gasteiger partial charge < -0.3 is 15.9 Å². The second kappa shape index (κ2) is 5.70. The topological polar surface area (TPSA) is 114 Å². The van der Waals surface area contributed by atoms with E-state index in [4.69, 9.17) is 5.73 Å². The summed E-state index contributed by atoms with van der Waals surface area (Å²) < 4.78 is 1.49. The molecule has 7 heteroatoms. The van der Waals surface area contributed by atoms with E-state index in [2.05, 4.69) is 10.3 Å². The number of carboxylic acids is 1. The lowest BCUT2D eigenvalue weighted by atomic mass is 10.1. The number of hydrogen-bond acceptors (Lipinski definition) is 5. The molecule has 0 radical (unpaired) electrons. The van der Waals surface area contributed by atoms with E-state index in [0.29, 0.717) is 29.9 Å². The van der Waals surface area contributed by atoms with E-state index < -0.39 is 12.1 Å². The van der Waals surface area contributed by atoms with Crippen LogP contribution in [0.5, 0.6) is 0 Å². The number of nitrogens with zero attached hydrogens (tertiary/aromatic N) is 3. The van der Waals surface area contributed by atoms with Gasteiger partial charge in [0.15, 0.2) is 5.69 Å². The van der Waals surface area contributed by atoms with E-state index in [1.807, 2.05) is 0 Å². The molecule has 1 heterocycles. The first-order chi connectivity index (χ1) is 9.49. The Morgan fingerprint density at radius 3 is 2.60 bits per heavy atom. The number of nitrogens with two attached hydrogens (primary N) is 1. The maximum atomic E-state index is 11.2. The fourth-order valence-electron chi connectivity index (χ4n) is 1.85. The summed E-state index contributed by atoms with van der Waals surface area (Å²) in [4.78, 5) is 11.2. The van der Waals surface area contributed by atoms with Crippen LogP contribution in [0.1, 0.15) is 23.8 Å². The summed E-state index contributed by atoms with van der Waals surface area (Å²) in [5, 5.41) is 26.1. The van der Waals surface area contributed by atoms with Crippen molar-refractivity contribution in [2.24, 2.45) is 0 Å². The Morgan fingerprint density at radius 1 is 1.40 bits per heavy atom. The van der Waals surface area contributed by atoms with Crippen LogP contribution >= 0.6 is 0 Å². The molecule has 2 aromatic rings. The second-order valence-electron chi connectivity index (χ2n) is 4.57. The predicted molar refractivity (Wildman–Crippen MR) is 73.1 cm³/mol. The molecule has 0 spiro atoms. The van der Waals surface area contributed by atoms with Crippen molar-refractivity contribution in [1.82, 2.24) is 15.0 Å². The van der Waals surface area contributed by atoms with Crippen LogP contribution in [0, 0.1) is 0 Å². The zero-order valence-corrected chi connectivity index (χ0v) is 11.0. The van der Waals surface area contributed by atoms with Crippen LogP contribution in [0.2, 0.25) is 0 Å². The highest BCUT2D eigenvalue weighted by atomic mass is 16.4. The molecule has 1 aromatic carbocycles. The number of hydrogen-bond donors (Lipinski definition) is 3. The molecule has 0 bridgehead atoms. The zero-order chi connectivity index (χ0) is 14.7. The van der Waals surface area contributed by atoms with E-state index in [-0.39, 0.29) is 5.69 Å². The number of rotatable bonds is 5. The molecule has 1 atom stereocenters. The Kier molecular flexibility index (Phi) is 3.99. The molecule has 0 aliphatic carbocycles. The van der Waals surface area contributed by atoms with Gasteiger partial charge in [-0.3, -0.25) is 0 Å². The molecule has 1 aromatic heterocycles. The number of aliphatic hydroxyl groups excluding tert-OH is 1. The number of benzene rings is 1. The minimum Gasteiger partial charge on any atom is -0.476 e. The molecule has 4 N–H and O–H groups in total. The van der Waals surface area contributed by atoms with Gasteiger partial charge in [-0.15, -0.1) is 5.10 Å². The zero-order valence-electron chi connectivity index (χ0n) is 11.0. The van der Waals surface area contributed by atoms with Crippen molar-refractivity contribution in [3.05, 3.63) is 30.0 Å². The van der Waals surface area contributed by atoms with Crippen molar-refractivity contribution in [3.63, 3.8) is 0 Å². The Labute approximate surface area is 115 Å². The van der Waals surface area contributed by atoms with Crippen LogP contribution in [-0.2, 0) is 6.54 Å². The lowest BCUT2D eigenvalue weighted by molar-refractivity contribution is 0.0691. The number of aliphatic hydroxyl groups is 1. The second-order valence-corrected chi connectivity index (χ2v) is 4.57. The molecule has 1 unspecified atom stereocenters. The first-order valence-electron chi connectivity index (χ1n) is 6.20. The van der Waals surface area contributed by atoms with Gasteiger partial charge in [0.05, 0.1) is 6.10 Å². The molecular weight excluding hydrogens is 260 g/mol. The Hall–Kier alpha value is -2.41. The van der Waals surface area contributed by atoms with Crippen molar-refractivity contribution in [1.29, 1.82) is 0 Å². The van der Waals surface area contributed by atoms with Gasteiger partial charge in [0, 0.05) is 17.8 Å². The summed E-state index contributed by atoms with van der Waals surface area (Å²) in [7, 11) is 0. The van der Waals surface area contributed by atoms with Crippen molar-refractivity contribution in [2.75, 3.05) is 5.73 Å². The number of anilines is 1. The third-order valence-electron chi connectivity index (χ3n) is 2.88. The number of aryl methyl sites for hydroxylation is 1. The van der Waals surface area contributed by atoms with Crippen molar-refractivity contribution < 1.29 is 15.0 Å². The largest absolute Gasteiger partial charge is 0.476 e. The average molecular weight is 276 g/mol. The lowest BCUT2D eigenvalue weighted by Crippen LogP contribution is -2.10. The molecule has 0 aliphatic rings. The quantitative estimate of drug-likeness (QED) is 0.702. The van der Waals surface area contributed by atoms with Gasteiger partial charge in [0.1, 0.15) is 5.69 Å². The van der Waals surface area contributed by atoms with Gasteiger partial charge in [0.2, 0.25) is 0 Å². The van der Waals surface area contributed by atoms with Crippen molar-refractivity contribution in [2.45, 2.75) is 26.0 Å². The highest BCUT2D eigenvalue weighted by Gasteiger charge is 2.20. The van der Waals surface area contributed by atoms with Crippen LogP contribution < -0.4 is 5.73 Å². The van der Waals surface area contributed by atoms with Gasteiger partial charge in [0.25, 0.3) is 0 Å². The Bertz CT molecular complexity index is 605. The van der Waals surface area contributed by atoms with E-state index in [1.54, 1.807) is 31.2 Å². The molecule has 0 saturated heterocycles. The monoisotopic (exact) mass is 276 g/mol. The maximum Gasteiger partial charge on any atom is 0.358 e. The molecule has 0 aliphatic heterocycles.